The molecule has 0 radical (unpaired) electrons. The van der Waals surface area contributed by atoms with Crippen molar-refractivity contribution in [2.24, 2.45) is 22.7 Å². The molecule has 1 aliphatic heterocycles. The molecule has 4 atom stereocenters. The van der Waals surface area contributed by atoms with Gasteiger partial charge in [-0.05, 0) is 75.0 Å². The van der Waals surface area contributed by atoms with Crippen LogP contribution in [0.25, 0.3) is 0 Å². The number of benzene rings is 1. The maximum atomic E-state index is 7.02. The molecule has 138 valence electrons. The third-order valence-corrected chi connectivity index (χ3v) is 7.90. The van der Waals surface area contributed by atoms with Gasteiger partial charge >= 0.3 is 0 Å². The fourth-order valence-corrected chi connectivity index (χ4v) is 5.80. The zero-order valence-electron chi connectivity index (χ0n) is 17.5. The van der Waals surface area contributed by atoms with E-state index in [2.05, 4.69) is 79.7 Å². The van der Waals surface area contributed by atoms with E-state index in [-0.39, 0.29) is 16.4 Å². The van der Waals surface area contributed by atoms with Crippen molar-refractivity contribution in [3.05, 3.63) is 41.0 Å². The lowest BCUT2D eigenvalue weighted by Gasteiger charge is -2.62. The summed E-state index contributed by atoms with van der Waals surface area (Å²) in [7, 11) is 0. The molecule has 1 saturated carbocycles. The Morgan fingerprint density at radius 2 is 1.84 bits per heavy atom. The summed E-state index contributed by atoms with van der Waals surface area (Å²) < 4.78 is 7.02. The van der Waals surface area contributed by atoms with Crippen molar-refractivity contribution in [3.63, 3.8) is 0 Å². The van der Waals surface area contributed by atoms with E-state index >= 15 is 0 Å². The number of rotatable bonds is 2. The van der Waals surface area contributed by atoms with E-state index in [1.165, 1.54) is 29.5 Å². The predicted octanol–water partition coefficient (Wildman–Crippen LogP) is 6.65. The average molecular weight is 341 g/mol. The maximum Gasteiger partial charge on any atom is 0.126 e. The van der Waals surface area contributed by atoms with E-state index in [9.17, 15) is 0 Å². The van der Waals surface area contributed by atoms with Gasteiger partial charge in [-0.15, -0.1) is 0 Å². The van der Waals surface area contributed by atoms with Gasteiger partial charge in [-0.3, -0.25) is 0 Å². The van der Waals surface area contributed by atoms with Crippen molar-refractivity contribution < 1.29 is 4.74 Å². The minimum atomic E-state index is -0.140. The molecule has 0 saturated heterocycles. The van der Waals surface area contributed by atoms with Gasteiger partial charge < -0.3 is 4.74 Å². The highest BCUT2D eigenvalue weighted by atomic mass is 16.5. The van der Waals surface area contributed by atoms with Gasteiger partial charge in [0.2, 0.25) is 0 Å². The van der Waals surface area contributed by atoms with Crippen LogP contribution >= 0.6 is 0 Å². The van der Waals surface area contributed by atoms with Gasteiger partial charge in [0.1, 0.15) is 11.4 Å². The molecule has 1 aromatic rings. The summed E-state index contributed by atoms with van der Waals surface area (Å²) in [6.45, 7) is 18.7. The van der Waals surface area contributed by atoms with Crippen LogP contribution in [0.2, 0.25) is 0 Å². The Hall–Kier alpha value is -1.24. The highest BCUT2D eigenvalue weighted by molar-refractivity contribution is 5.48. The van der Waals surface area contributed by atoms with Gasteiger partial charge in [-0.1, -0.05) is 52.0 Å². The maximum absolute atomic E-state index is 7.02. The van der Waals surface area contributed by atoms with Crippen LogP contribution in [-0.2, 0) is 6.42 Å². The van der Waals surface area contributed by atoms with Crippen LogP contribution in [0.15, 0.2) is 24.3 Å². The number of hydrogen-bond donors (Lipinski definition) is 0. The Morgan fingerprint density at radius 1 is 1.16 bits per heavy atom. The minimum absolute atomic E-state index is 0.139. The van der Waals surface area contributed by atoms with E-state index in [1.54, 1.807) is 0 Å². The third-order valence-electron chi connectivity index (χ3n) is 7.90. The Kier molecular flexibility index (Phi) is 4.37. The van der Waals surface area contributed by atoms with Crippen molar-refractivity contribution in [1.29, 1.82) is 0 Å². The molecular formula is C24H36O. The molecule has 1 heterocycles. The van der Waals surface area contributed by atoms with E-state index in [1.807, 2.05) is 0 Å². The first kappa shape index (κ1) is 18.5. The van der Waals surface area contributed by atoms with Crippen molar-refractivity contribution in [3.8, 4) is 5.75 Å². The average Bonchev–Trinajstić information content (AvgIpc) is 2.52. The van der Waals surface area contributed by atoms with Crippen molar-refractivity contribution in [1.82, 2.24) is 0 Å². The number of hydrogen-bond acceptors (Lipinski definition) is 1. The van der Waals surface area contributed by atoms with Gasteiger partial charge in [0, 0.05) is 11.3 Å². The SMILES string of the molecule is C/C=C\C(C)(C)C1CCC(C)C2(C)Cc3ccc(C)c(C)c3OC12C. The van der Waals surface area contributed by atoms with Gasteiger partial charge in [0.05, 0.1) is 0 Å². The lowest BCUT2D eigenvalue weighted by atomic mass is 9.48. The largest absolute Gasteiger partial charge is 0.486 e. The molecule has 1 fully saturated rings. The van der Waals surface area contributed by atoms with E-state index in [4.69, 9.17) is 4.74 Å². The second-order valence-corrected chi connectivity index (χ2v) is 9.65. The summed E-state index contributed by atoms with van der Waals surface area (Å²) in [4.78, 5) is 0. The van der Waals surface area contributed by atoms with Crippen LogP contribution in [0.1, 0.15) is 71.1 Å². The van der Waals surface area contributed by atoms with Gasteiger partial charge in [-0.25, -0.2) is 0 Å². The van der Waals surface area contributed by atoms with Gasteiger partial charge in [-0.2, -0.15) is 0 Å². The highest BCUT2D eigenvalue weighted by Crippen LogP contribution is 2.61. The molecule has 1 aliphatic carbocycles. The smallest absolute Gasteiger partial charge is 0.126 e. The summed E-state index contributed by atoms with van der Waals surface area (Å²) >= 11 is 0. The zero-order valence-corrected chi connectivity index (χ0v) is 17.5. The minimum Gasteiger partial charge on any atom is -0.486 e. The quantitative estimate of drug-likeness (QED) is 0.547. The third kappa shape index (κ3) is 2.57. The number of ether oxygens (including phenoxy) is 1. The molecule has 25 heavy (non-hydrogen) atoms. The first-order valence-corrected chi connectivity index (χ1v) is 9.99. The molecule has 0 aromatic heterocycles. The normalized spacial score (nSPS) is 35.2. The Bertz CT molecular complexity index is 698. The summed E-state index contributed by atoms with van der Waals surface area (Å²) in [5.41, 5.74) is 4.23. The van der Waals surface area contributed by atoms with Crippen LogP contribution in [0.4, 0.5) is 0 Å². The van der Waals surface area contributed by atoms with Crippen molar-refractivity contribution in [2.45, 2.75) is 80.3 Å². The van der Waals surface area contributed by atoms with Gasteiger partial charge in [0.15, 0.2) is 0 Å². The molecule has 4 unspecified atom stereocenters. The molecule has 0 amide bonds. The van der Waals surface area contributed by atoms with Crippen LogP contribution in [0.3, 0.4) is 0 Å². The summed E-state index contributed by atoms with van der Waals surface area (Å²) in [6.07, 6.45) is 8.27. The number of fused-ring (bicyclic) bond motifs is 2. The Morgan fingerprint density at radius 3 is 2.48 bits per heavy atom. The lowest BCUT2D eigenvalue weighted by Crippen LogP contribution is -2.65. The Balaban J connectivity index is 2.17. The molecule has 2 aliphatic rings. The zero-order chi connectivity index (χ0) is 18.6. The molecule has 1 aromatic carbocycles. The first-order valence-electron chi connectivity index (χ1n) is 9.99. The van der Waals surface area contributed by atoms with Crippen molar-refractivity contribution in [2.75, 3.05) is 0 Å². The van der Waals surface area contributed by atoms with Crippen molar-refractivity contribution >= 4 is 0 Å². The van der Waals surface area contributed by atoms with E-state index < -0.39 is 0 Å². The fourth-order valence-electron chi connectivity index (χ4n) is 5.80. The van der Waals surface area contributed by atoms with Crippen LogP contribution < -0.4 is 4.74 Å². The van der Waals surface area contributed by atoms with E-state index in [0.29, 0.717) is 11.8 Å². The lowest BCUT2D eigenvalue weighted by molar-refractivity contribution is -0.171. The second-order valence-electron chi connectivity index (χ2n) is 9.65. The van der Waals surface area contributed by atoms with Crippen LogP contribution in [0.5, 0.6) is 5.75 Å². The predicted molar refractivity (Wildman–Crippen MR) is 107 cm³/mol. The standard InChI is InChI=1S/C24H36O/c1-9-14-22(5,6)20-13-11-17(3)23(7)15-19-12-10-16(2)18(4)21(19)25-24(20,23)8/h9-10,12,14,17,20H,11,13,15H2,1-8H3/b14-9-. The molecular weight excluding hydrogens is 304 g/mol. The summed E-state index contributed by atoms with van der Waals surface area (Å²) in [5, 5.41) is 0. The molecule has 1 nitrogen and oxygen atoms in total. The molecule has 0 bridgehead atoms. The summed E-state index contributed by atoms with van der Waals surface area (Å²) in [6, 6.07) is 4.56. The van der Waals surface area contributed by atoms with E-state index in [0.717, 1.165) is 12.2 Å². The number of allylic oxidation sites excluding steroid dienone is 2. The topological polar surface area (TPSA) is 9.23 Å². The van der Waals surface area contributed by atoms with Crippen LogP contribution in [-0.4, -0.2) is 5.60 Å². The fraction of sp³-hybridized carbons (Fsp3) is 0.667. The second kappa shape index (κ2) is 5.89. The molecule has 1 heteroatoms. The Labute approximate surface area is 154 Å². The highest BCUT2D eigenvalue weighted by Gasteiger charge is 2.61. The van der Waals surface area contributed by atoms with Crippen LogP contribution in [0, 0.1) is 36.5 Å². The number of aryl methyl sites for hydroxylation is 1. The first-order chi connectivity index (χ1) is 11.6. The monoisotopic (exact) mass is 340 g/mol. The van der Waals surface area contributed by atoms with Gasteiger partial charge in [0.25, 0.3) is 0 Å². The summed E-state index contributed by atoms with van der Waals surface area (Å²) in [5.74, 6) is 2.35. The molecule has 0 spiro atoms. The molecule has 0 N–H and O–H groups in total. The molecule has 3 rings (SSSR count).